The fourth-order valence-electron chi connectivity index (χ4n) is 4.14. The highest BCUT2D eigenvalue weighted by Gasteiger charge is 2.54. The molecule has 3 aliphatic rings. The molecule has 2 saturated heterocycles. The molecule has 146 valence electrons. The van der Waals surface area contributed by atoms with Crippen LogP contribution in [0.3, 0.4) is 0 Å². The number of likely N-dealkylation sites (tertiary alicyclic amines) is 1. The van der Waals surface area contributed by atoms with Crippen molar-refractivity contribution in [2.45, 2.75) is 0 Å². The number of carbonyl (C=O) groups excluding carboxylic acids is 1. The number of nitrogens with zero attached hydrogens (tertiary/aromatic N) is 5. The molecular weight excluding hydrogens is 382 g/mol. The Kier molecular flexibility index (Phi) is 3.97. The maximum atomic E-state index is 13.0. The molecule has 5 rings (SSSR count). The lowest BCUT2D eigenvalue weighted by molar-refractivity contribution is 0.00884. The largest absolute Gasteiger partial charge is 0.494 e. The molecule has 4 heterocycles. The van der Waals surface area contributed by atoms with Gasteiger partial charge in [-0.15, -0.1) is 0 Å². The molecule has 0 atom stereocenters. The van der Waals surface area contributed by atoms with Crippen molar-refractivity contribution >= 4 is 29.3 Å². The van der Waals surface area contributed by atoms with Crippen molar-refractivity contribution < 1.29 is 14.3 Å². The normalized spacial score (nSPS) is 19.4. The number of hydrogen-bond acceptors (Lipinski definition) is 6. The van der Waals surface area contributed by atoms with Crippen LogP contribution in [0.15, 0.2) is 30.6 Å². The van der Waals surface area contributed by atoms with E-state index in [4.69, 9.17) is 21.1 Å². The van der Waals surface area contributed by atoms with Gasteiger partial charge in [0.05, 0.1) is 31.7 Å². The van der Waals surface area contributed by atoms with Crippen LogP contribution in [0.25, 0.3) is 0 Å². The molecule has 28 heavy (non-hydrogen) atoms. The summed E-state index contributed by atoms with van der Waals surface area (Å²) in [6.07, 6.45) is 3.35. The topological polar surface area (TPSA) is 71.0 Å². The van der Waals surface area contributed by atoms with E-state index in [1.807, 2.05) is 11.0 Å². The van der Waals surface area contributed by atoms with E-state index < -0.39 is 0 Å². The molecule has 2 fully saturated rings. The Morgan fingerprint density at radius 3 is 2.68 bits per heavy atom. The minimum Gasteiger partial charge on any atom is -0.494 e. The molecule has 2 aromatic rings. The number of ether oxygens (including phenoxy) is 2. The van der Waals surface area contributed by atoms with Crippen LogP contribution in [0.2, 0.25) is 5.02 Å². The van der Waals surface area contributed by atoms with E-state index in [9.17, 15) is 4.79 Å². The van der Waals surface area contributed by atoms with Crippen LogP contribution in [0.5, 0.6) is 11.5 Å². The summed E-state index contributed by atoms with van der Waals surface area (Å²) in [7, 11) is 1.60. The van der Waals surface area contributed by atoms with Crippen molar-refractivity contribution in [3.63, 3.8) is 0 Å². The third-order valence-electron chi connectivity index (χ3n) is 5.52. The number of methoxy groups -OCH3 is 1. The zero-order chi connectivity index (χ0) is 19.3. The monoisotopic (exact) mass is 401 g/mol. The van der Waals surface area contributed by atoms with Crippen LogP contribution in [-0.2, 0) is 0 Å². The first-order valence-electron chi connectivity index (χ1n) is 9.17. The Hall–Kier alpha value is -2.74. The van der Waals surface area contributed by atoms with E-state index in [0.717, 1.165) is 31.9 Å². The molecule has 9 heteroatoms. The maximum absolute atomic E-state index is 13.0. The minimum absolute atomic E-state index is 0.0247. The molecule has 1 aromatic carbocycles. The first-order valence-corrected chi connectivity index (χ1v) is 9.55. The second-order valence-electron chi connectivity index (χ2n) is 7.53. The van der Waals surface area contributed by atoms with E-state index in [2.05, 4.69) is 14.9 Å². The van der Waals surface area contributed by atoms with E-state index in [0.29, 0.717) is 35.6 Å². The van der Waals surface area contributed by atoms with Gasteiger partial charge in [0.2, 0.25) is 5.95 Å². The lowest BCUT2D eigenvalue weighted by atomic mass is 9.73. The predicted octanol–water partition coefficient (Wildman–Crippen LogP) is 2.28. The van der Waals surface area contributed by atoms with Crippen molar-refractivity contribution in [3.8, 4) is 11.5 Å². The van der Waals surface area contributed by atoms with Crippen LogP contribution >= 0.6 is 11.6 Å². The molecule has 0 bridgehead atoms. The zero-order valence-electron chi connectivity index (χ0n) is 15.5. The summed E-state index contributed by atoms with van der Waals surface area (Å²) in [5, 5.41) is 0.603. The number of halogens is 1. The van der Waals surface area contributed by atoms with Crippen molar-refractivity contribution in [2.75, 3.05) is 56.2 Å². The van der Waals surface area contributed by atoms with E-state index in [1.165, 1.54) is 0 Å². The minimum atomic E-state index is 0.0247. The van der Waals surface area contributed by atoms with E-state index in [-0.39, 0.29) is 11.4 Å². The molecule has 0 N–H and O–H groups in total. The Balaban J connectivity index is 1.21. The summed E-state index contributed by atoms with van der Waals surface area (Å²) < 4.78 is 10.7. The van der Waals surface area contributed by atoms with Gasteiger partial charge in [-0.1, -0.05) is 11.6 Å². The van der Waals surface area contributed by atoms with E-state index >= 15 is 0 Å². The molecule has 3 aliphatic heterocycles. The maximum Gasteiger partial charge on any atom is 0.324 e. The first kappa shape index (κ1) is 17.4. The number of urea groups is 1. The summed E-state index contributed by atoms with van der Waals surface area (Å²) in [4.78, 5) is 27.5. The molecule has 0 radical (unpaired) electrons. The summed E-state index contributed by atoms with van der Waals surface area (Å²) >= 11 is 6.03. The molecule has 1 aromatic heterocycles. The number of anilines is 2. The highest BCUT2D eigenvalue weighted by Crippen LogP contribution is 2.42. The van der Waals surface area contributed by atoms with Gasteiger partial charge in [0.25, 0.3) is 0 Å². The average Bonchev–Trinajstić information content (AvgIpc) is 2.65. The van der Waals surface area contributed by atoms with Crippen molar-refractivity contribution in [3.05, 3.63) is 35.6 Å². The van der Waals surface area contributed by atoms with Crippen LogP contribution < -0.4 is 19.3 Å². The van der Waals surface area contributed by atoms with Gasteiger partial charge in [-0.05, 0) is 12.1 Å². The van der Waals surface area contributed by atoms with Gasteiger partial charge in [-0.25, -0.2) is 14.8 Å². The third kappa shape index (κ3) is 2.79. The van der Waals surface area contributed by atoms with Crippen LogP contribution in [0.1, 0.15) is 0 Å². The quantitative estimate of drug-likeness (QED) is 0.768. The SMILES string of the molecule is COc1cnc(N2CC3(CN(C(=O)N4CCOc5cc(Cl)ccc54)C3)C2)nc1. The molecule has 0 unspecified atom stereocenters. The molecule has 8 nitrogen and oxygen atoms in total. The molecular formula is C19H20ClN5O3. The fraction of sp³-hybridized carbons (Fsp3) is 0.421. The summed E-state index contributed by atoms with van der Waals surface area (Å²) in [6, 6.07) is 5.41. The summed E-state index contributed by atoms with van der Waals surface area (Å²) in [6.45, 7) is 4.23. The van der Waals surface area contributed by atoms with Gasteiger partial charge in [0, 0.05) is 42.7 Å². The lowest BCUT2D eigenvalue weighted by Crippen LogP contribution is -2.74. The van der Waals surface area contributed by atoms with Crippen LogP contribution in [0.4, 0.5) is 16.4 Å². The van der Waals surface area contributed by atoms with Gasteiger partial charge in [0.15, 0.2) is 5.75 Å². The van der Waals surface area contributed by atoms with Crippen molar-refractivity contribution in [2.24, 2.45) is 5.41 Å². The lowest BCUT2D eigenvalue weighted by Gasteiger charge is -2.60. The second kappa shape index (κ2) is 6.41. The smallest absolute Gasteiger partial charge is 0.324 e. The van der Waals surface area contributed by atoms with Gasteiger partial charge in [-0.3, -0.25) is 4.90 Å². The fourth-order valence-corrected chi connectivity index (χ4v) is 4.31. The summed E-state index contributed by atoms with van der Waals surface area (Å²) in [5.41, 5.74) is 0.928. The van der Waals surface area contributed by atoms with Crippen LogP contribution in [-0.4, -0.2) is 67.3 Å². The standard InChI is InChI=1S/C19H20ClN5O3/c1-27-14-7-21-17(22-8-14)23-9-19(10-23)11-24(12-19)18(26)25-4-5-28-16-6-13(20)2-3-15(16)25/h2-3,6-8H,4-5,9-12H2,1H3. The number of carbonyl (C=O) groups is 1. The first-order chi connectivity index (χ1) is 13.6. The Morgan fingerprint density at radius 2 is 1.96 bits per heavy atom. The van der Waals surface area contributed by atoms with Gasteiger partial charge >= 0.3 is 6.03 Å². The van der Waals surface area contributed by atoms with E-state index in [1.54, 1.807) is 36.5 Å². The van der Waals surface area contributed by atoms with Gasteiger partial charge in [-0.2, -0.15) is 0 Å². The zero-order valence-corrected chi connectivity index (χ0v) is 16.2. The molecule has 1 spiro atoms. The Morgan fingerprint density at radius 1 is 1.21 bits per heavy atom. The highest BCUT2D eigenvalue weighted by atomic mass is 35.5. The molecule has 2 amide bonds. The number of aromatic nitrogens is 2. The number of amides is 2. The van der Waals surface area contributed by atoms with Crippen molar-refractivity contribution in [1.82, 2.24) is 14.9 Å². The number of hydrogen-bond donors (Lipinski definition) is 0. The van der Waals surface area contributed by atoms with Crippen LogP contribution in [0, 0.1) is 5.41 Å². The number of fused-ring (bicyclic) bond motifs is 1. The molecule has 0 aliphatic carbocycles. The summed E-state index contributed by atoms with van der Waals surface area (Å²) in [5.74, 6) is 2.01. The molecule has 0 saturated carbocycles. The van der Waals surface area contributed by atoms with Crippen molar-refractivity contribution in [1.29, 1.82) is 0 Å². The Labute approximate surface area is 167 Å². The second-order valence-corrected chi connectivity index (χ2v) is 7.97. The number of rotatable bonds is 2. The highest BCUT2D eigenvalue weighted by molar-refractivity contribution is 6.30. The Bertz CT molecular complexity index is 908. The third-order valence-corrected chi connectivity index (χ3v) is 5.76. The average molecular weight is 402 g/mol. The number of benzene rings is 1. The van der Waals surface area contributed by atoms with Gasteiger partial charge in [0.1, 0.15) is 12.4 Å². The van der Waals surface area contributed by atoms with Gasteiger partial charge < -0.3 is 19.3 Å². The predicted molar refractivity (Wildman–Crippen MR) is 104 cm³/mol.